The largest absolute Gasteiger partial charge is 0.381 e. The first kappa shape index (κ1) is 12.8. The lowest BCUT2D eigenvalue weighted by Crippen LogP contribution is -2.46. The van der Waals surface area contributed by atoms with Gasteiger partial charge in [0, 0.05) is 31.9 Å². The highest BCUT2D eigenvalue weighted by Gasteiger charge is 2.41. The van der Waals surface area contributed by atoms with Crippen LogP contribution in [0.1, 0.15) is 36.2 Å². The van der Waals surface area contributed by atoms with Gasteiger partial charge in [0.15, 0.2) is 5.78 Å². The van der Waals surface area contributed by atoms with Crippen molar-refractivity contribution < 1.29 is 14.3 Å². The van der Waals surface area contributed by atoms with Crippen LogP contribution >= 0.6 is 0 Å². The average Bonchev–Trinajstić information content (AvgIpc) is 2.48. The number of hydrogen-bond donors (Lipinski definition) is 0. The lowest BCUT2D eigenvalue weighted by Gasteiger charge is -2.42. The van der Waals surface area contributed by atoms with E-state index < -0.39 is 0 Å². The van der Waals surface area contributed by atoms with E-state index in [1.807, 2.05) is 12.1 Å². The van der Waals surface area contributed by atoms with Crippen LogP contribution < -0.4 is 0 Å². The van der Waals surface area contributed by atoms with Crippen LogP contribution in [0.15, 0.2) is 24.4 Å². The SMILES string of the molecule is O=C(c1ccccn1)C1CCOC2(CCOCC2)C1. The Hall–Kier alpha value is -1.26. The Bertz CT molecular complexity index is 434. The molecule has 0 radical (unpaired) electrons. The molecule has 0 N–H and O–H groups in total. The number of nitrogens with zero attached hydrogens (tertiary/aromatic N) is 1. The van der Waals surface area contributed by atoms with E-state index in [0.717, 1.165) is 38.9 Å². The average molecular weight is 261 g/mol. The van der Waals surface area contributed by atoms with E-state index in [2.05, 4.69) is 4.98 Å². The zero-order valence-corrected chi connectivity index (χ0v) is 11.0. The maximum Gasteiger partial charge on any atom is 0.184 e. The van der Waals surface area contributed by atoms with Gasteiger partial charge in [0.2, 0.25) is 0 Å². The van der Waals surface area contributed by atoms with Crippen LogP contribution in [0.2, 0.25) is 0 Å². The Morgan fingerprint density at radius 2 is 2.11 bits per heavy atom. The molecule has 2 aliphatic rings. The maximum atomic E-state index is 12.5. The molecule has 19 heavy (non-hydrogen) atoms. The van der Waals surface area contributed by atoms with Crippen molar-refractivity contribution in [2.24, 2.45) is 5.92 Å². The molecule has 0 aliphatic carbocycles. The van der Waals surface area contributed by atoms with Crippen LogP contribution in [-0.2, 0) is 9.47 Å². The van der Waals surface area contributed by atoms with E-state index in [1.54, 1.807) is 12.3 Å². The molecule has 2 saturated heterocycles. The second kappa shape index (κ2) is 5.39. The highest BCUT2D eigenvalue weighted by Crippen LogP contribution is 2.37. The second-order valence-electron chi connectivity index (χ2n) is 5.41. The number of aromatic nitrogens is 1. The summed E-state index contributed by atoms with van der Waals surface area (Å²) in [5.41, 5.74) is 0.447. The molecule has 2 fully saturated rings. The maximum absolute atomic E-state index is 12.5. The fourth-order valence-corrected chi connectivity index (χ4v) is 3.06. The molecule has 1 unspecified atom stereocenters. The van der Waals surface area contributed by atoms with Crippen LogP contribution in [0.25, 0.3) is 0 Å². The van der Waals surface area contributed by atoms with Crippen LogP contribution in [0.5, 0.6) is 0 Å². The Balaban J connectivity index is 1.73. The minimum Gasteiger partial charge on any atom is -0.381 e. The number of ketones is 1. The first-order valence-corrected chi connectivity index (χ1v) is 6.96. The fourth-order valence-electron chi connectivity index (χ4n) is 3.06. The van der Waals surface area contributed by atoms with Crippen LogP contribution in [-0.4, -0.2) is 36.2 Å². The molecular formula is C15H19NO3. The standard InChI is InChI=1S/C15H19NO3/c17-14(13-3-1-2-7-16-13)12-4-8-19-15(11-12)5-9-18-10-6-15/h1-3,7,12H,4-6,8-11H2. The lowest BCUT2D eigenvalue weighted by atomic mass is 9.78. The number of Topliss-reactive ketones (excluding diaryl/α,β-unsaturated/α-hetero) is 1. The summed E-state index contributed by atoms with van der Waals surface area (Å²) in [6.07, 6.45) is 5.10. The molecule has 0 aromatic carbocycles. The Labute approximate surface area is 113 Å². The number of carbonyl (C=O) groups is 1. The fraction of sp³-hybridized carbons (Fsp3) is 0.600. The monoisotopic (exact) mass is 261 g/mol. The van der Waals surface area contributed by atoms with Crippen molar-refractivity contribution in [1.29, 1.82) is 0 Å². The predicted molar refractivity (Wildman–Crippen MR) is 70.0 cm³/mol. The van der Waals surface area contributed by atoms with Gasteiger partial charge in [0.05, 0.1) is 5.60 Å². The number of ether oxygens (including phenoxy) is 2. The van der Waals surface area contributed by atoms with Gasteiger partial charge < -0.3 is 9.47 Å². The van der Waals surface area contributed by atoms with Gasteiger partial charge in [-0.05, 0) is 37.8 Å². The third-order valence-electron chi connectivity index (χ3n) is 4.19. The van der Waals surface area contributed by atoms with Crippen molar-refractivity contribution in [3.05, 3.63) is 30.1 Å². The van der Waals surface area contributed by atoms with Gasteiger partial charge in [-0.2, -0.15) is 0 Å². The van der Waals surface area contributed by atoms with Crippen LogP contribution in [0.3, 0.4) is 0 Å². The zero-order chi connectivity index (χ0) is 13.1. The summed E-state index contributed by atoms with van der Waals surface area (Å²) in [7, 11) is 0. The van der Waals surface area contributed by atoms with E-state index in [-0.39, 0.29) is 17.3 Å². The lowest BCUT2D eigenvalue weighted by molar-refractivity contribution is -0.142. The minimum absolute atomic E-state index is 0.0433. The summed E-state index contributed by atoms with van der Waals surface area (Å²) in [6, 6.07) is 5.50. The summed E-state index contributed by atoms with van der Waals surface area (Å²) in [6.45, 7) is 2.15. The Morgan fingerprint density at radius 1 is 1.26 bits per heavy atom. The molecule has 4 heteroatoms. The van der Waals surface area contributed by atoms with Gasteiger partial charge in [-0.3, -0.25) is 9.78 Å². The van der Waals surface area contributed by atoms with E-state index in [9.17, 15) is 4.79 Å². The van der Waals surface area contributed by atoms with E-state index in [0.29, 0.717) is 12.3 Å². The van der Waals surface area contributed by atoms with Gasteiger partial charge in [-0.15, -0.1) is 0 Å². The molecule has 0 bridgehead atoms. The zero-order valence-electron chi connectivity index (χ0n) is 11.0. The highest BCUT2D eigenvalue weighted by atomic mass is 16.5. The topological polar surface area (TPSA) is 48.4 Å². The number of pyridine rings is 1. The van der Waals surface area contributed by atoms with Crippen LogP contribution in [0, 0.1) is 5.92 Å². The molecule has 2 aliphatic heterocycles. The molecule has 1 aromatic rings. The van der Waals surface area contributed by atoms with Crippen molar-refractivity contribution in [3.8, 4) is 0 Å². The van der Waals surface area contributed by atoms with Gasteiger partial charge in [-0.1, -0.05) is 6.07 Å². The molecule has 3 heterocycles. The van der Waals surface area contributed by atoms with E-state index >= 15 is 0 Å². The van der Waals surface area contributed by atoms with Crippen molar-refractivity contribution in [3.63, 3.8) is 0 Å². The first-order chi connectivity index (χ1) is 9.29. The smallest absolute Gasteiger partial charge is 0.184 e. The summed E-state index contributed by atoms with van der Waals surface area (Å²) >= 11 is 0. The number of hydrogen-bond acceptors (Lipinski definition) is 4. The molecule has 0 saturated carbocycles. The Kier molecular flexibility index (Phi) is 3.62. The molecule has 4 nitrogen and oxygen atoms in total. The van der Waals surface area contributed by atoms with Crippen molar-refractivity contribution in [2.45, 2.75) is 31.3 Å². The van der Waals surface area contributed by atoms with E-state index in [1.165, 1.54) is 0 Å². The quantitative estimate of drug-likeness (QED) is 0.766. The normalized spacial score (nSPS) is 26.2. The van der Waals surface area contributed by atoms with Crippen molar-refractivity contribution in [1.82, 2.24) is 4.98 Å². The van der Waals surface area contributed by atoms with Gasteiger partial charge in [0.25, 0.3) is 0 Å². The van der Waals surface area contributed by atoms with Crippen molar-refractivity contribution in [2.75, 3.05) is 19.8 Å². The summed E-state index contributed by atoms with van der Waals surface area (Å²) in [5.74, 6) is 0.205. The summed E-state index contributed by atoms with van der Waals surface area (Å²) < 4.78 is 11.4. The van der Waals surface area contributed by atoms with Gasteiger partial charge >= 0.3 is 0 Å². The highest BCUT2D eigenvalue weighted by molar-refractivity contribution is 5.96. The van der Waals surface area contributed by atoms with Crippen molar-refractivity contribution >= 4 is 5.78 Å². The third-order valence-corrected chi connectivity index (χ3v) is 4.19. The molecular weight excluding hydrogens is 242 g/mol. The number of rotatable bonds is 2. The van der Waals surface area contributed by atoms with Gasteiger partial charge in [0.1, 0.15) is 5.69 Å². The second-order valence-corrected chi connectivity index (χ2v) is 5.41. The van der Waals surface area contributed by atoms with Crippen LogP contribution in [0.4, 0.5) is 0 Å². The van der Waals surface area contributed by atoms with E-state index in [4.69, 9.17) is 9.47 Å². The molecule has 0 amide bonds. The third kappa shape index (κ3) is 2.69. The predicted octanol–water partition coefficient (Wildman–Crippen LogP) is 2.24. The summed E-state index contributed by atoms with van der Waals surface area (Å²) in [5, 5.41) is 0. The summed E-state index contributed by atoms with van der Waals surface area (Å²) in [4.78, 5) is 16.6. The Morgan fingerprint density at radius 3 is 2.84 bits per heavy atom. The van der Waals surface area contributed by atoms with Gasteiger partial charge in [-0.25, -0.2) is 0 Å². The number of carbonyl (C=O) groups excluding carboxylic acids is 1. The molecule has 102 valence electrons. The first-order valence-electron chi connectivity index (χ1n) is 6.96. The molecule has 1 aromatic heterocycles. The molecule has 1 spiro atoms. The minimum atomic E-state index is -0.133. The molecule has 1 atom stereocenters. The molecule has 3 rings (SSSR count).